The number of pyridine rings is 2. The predicted molar refractivity (Wildman–Crippen MR) is 202 cm³/mol. The summed E-state index contributed by atoms with van der Waals surface area (Å²) in [4.78, 5) is 52.2. The number of likely N-dealkylation sites (tertiary alicyclic amines) is 1. The van der Waals surface area contributed by atoms with E-state index in [0.717, 1.165) is 22.3 Å². The highest BCUT2D eigenvalue weighted by molar-refractivity contribution is 6.08. The van der Waals surface area contributed by atoms with Crippen LogP contribution in [-0.4, -0.2) is 58.0 Å². The van der Waals surface area contributed by atoms with Crippen LogP contribution in [0, 0.1) is 23.7 Å². The van der Waals surface area contributed by atoms with Crippen LogP contribution >= 0.6 is 0 Å². The summed E-state index contributed by atoms with van der Waals surface area (Å²) in [5.74, 6) is -3.35. The van der Waals surface area contributed by atoms with Crippen molar-refractivity contribution >= 4 is 29.4 Å². The molecule has 2 amide bonds. The maximum absolute atomic E-state index is 14.6. The van der Waals surface area contributed by atoms with E-state index in [1.807, 2.05) is 103 Å². The van der Waals surface area contributed by atoms with E-state index in [1.165, 1.54) is 11.0 Å². The van der Waals surface area contributed by atoms with Crippen molar-refractivity contribution in [3.8, 4) is 5.75 Å². The van der Waals surface area contributed by atoms with Crippen molar-refractivity contribution in [2.45, 2.75) is 5.60 Å². The SMILES string of the molecule is COc1cccc(/C=C/C(=O)OCCN2C(=O)[C@@H]3[C@@H]4C(C(O)(c5ccccc5)c5ccccn5)=C[C@@H](C4=C(c4ccccc4)c4ccccn4)[C@@H]3C2=O)c1. The van der Waals surface area contributed by atoms with E-state index in [9.17, 15) is 19.5 Å². The van der Waals surface area contributed by atoms with Gasteiger partial charge in [-0.2, -0.15) is 0 Å². The van der Waals surface area contributed by atoms with Crippen molar-refractivity contribution in [3.05, 3.63) is 185 Å². The van der Waals surface area contributed by atoms with Crippen molar-refractivity contribution in [2.24, 2.45) is 23.7 Å². The van der Waals surface area contributed by atoms with Gasteiger partial charge in [0.25, 0.3) is 0 Å². The minimum absolute atomic E-state index is 0.0911. The molecule has 5 aromatic rings. The molecule has 0 spiro atoms. The van der Waals surface area contributed by atoms with Crippen LogP contribution in [0.25, 0.3) is 11.6 Å². The number of aliphatic hydroxyl groups is 1. The van der Waals surface area contributed by atoms with Gasteiger partial charge in [0, 0.05) is 35.9 Å². The van der Waals surface area contributed by atoms with E-state index >= 15 is 0 Å². The van der Waals surface area contributed by atoms with Gasteiger partial charge in [-0.3, -0.25) is 24.5 Å². The van der Waals surface area contributed by atoms with Crippen molar-refractivity contribution in [2.75, 3.05) is 20.3 Å². The third-order valence-electron chi connectivity index (χ3n) is 10.6. The van der Waals surface area contributed by atoms with Gasteiger partial charge in [-0.1, -0.05) is 91.0 Å². The average molecular weight is 716 g/mol. The van der Waals surface area contributed by atoms with E-state index in [1.54, 1.807) is 49.8 Å². The zero-order chi connectivity index (χ0) is 37.2. The number of aromatic nitrogens is 2. The Morgan fingerprint density at radius 2 is 1.54 bits per heavy atom. The Kier molecular flexibility index (Phi) is 9.31. The molecule has 2 bridgehead atoms. The zero-order valence-corrected chi connectivity index (χ0v) is 29.5. The lowest BCUT2D eigenvalue weighted by Crippen LogP contribution is -2.39. The number of hydrogen-bond donors (Lipinski definition) is 1. The zero-order valence-electron chi connectivity index (χ0n) is 29.5. The maximum atomic E-state index is 14.6. The average Bonchev–Trinajstić information content (AvgIpc) is 3.84. The summed E-state index contributed by atoms with van der Waals surface area (Å²) in [6.45, 7) is -0.256. The number of methoxy groups -OCH3 is 1. The van der Waals surface area contributed by atoms with Crippen molar-refractivity contribution in [3.63, 3.8) is 0 Å². The topological polar surface area (TPSA) is 119 Å². The van der Waals surface area contributed by atoms with Gasteiger partial charge in [0.15, 0.2) is 5.60 Å². The molecule has 3 heterocycles. The molecule has 1 N–H and O–H groups in total. The molecule has 9 nitrogen and oxygen atoms in total. The number of fused-ring (bicyclic) bond motifs is 5. The fraction of sp³-hybridized carbons (Fsp3) is 0.178. The molecule has 2 fully saturated rings. The van der Waals surface area contributed by atoms with Gasteiger partial charge in [0.2, 0.25) is 11.8 Å². The normalized spacial score (nSPS) is 22.2. The van der Waals surface area contributed by atoms with Gasteiger partial charge < -0.3 is 14.6 Å². The summed E-state index contributed by atoms with van der Waals surface area (Å²) in [7, 11) is 1.57. The summed E-state index contributed by atoms with van der Waals surface area (Å²) >= 11 is 0. The van der Waals surface area contributed by atoms with Crippen molar-refractivity contribution in [1.29, 1.82) is 0 Å². The Balaban J connectivity index is 1.17. The van der Waals surface area contributed by atoms with E-state index < -0.39 is 35.2 Å². The minimum atomic E-state index is -1.72. The van der Waals surface area contributed by atoms with E-state index in [2.05, 4.69) is 4.98 Å². The molecule has 268 valence electrons. The lowest BCUT2D eigenvalue weighted by atomic mass is 9.71. The molecular weight excluding hydrogens is 679 g/mol. The Morgan fingerprint density at radius 3 is 2.24 bits per heavy atom. The van der Waals surface area contributed by atoms with Crippen LogP contribution in [0.4, 0.5) is 0 Å². The van der Waals surface area contributed by atoms with Crippen LogP contribution in [0.3, 0.4) is 0 Å². The molecule has 5 atom stereocenters. The lowest BCUT2D eigenvalue weighted by Gasteiger charge is -2.36. The first kappa shape index (κ1) is 34.6. The van der Waals surface area contributed by atoms with Gasteiger partial charge in [-0.25, -0.2) is 4.79 Å². The Bertz CT molecular complexity index is 2210. The molecule has 3 aromatic carbocycles. The summed E-state index contributed by atoms with van der Waals surface area (Å²) in [6, 6.07) is 37.5. The van der Waals surface area contributed by atoms with Crippen LogP contribution in [0.1, 0.15) is 28.1 Å². The monoisotopic (exact) mass is 715 g/mol. The number of allylic oxidation sites excluding steroid dienone is 2. The lowest BCUT2D eigenvalue weighted by molar-refractivity contribution is -0.145. The molecule has 54 heavy (non-hydrogen) atoms. The first-order valence-electron chi connectivity index (χ1n) is 17.9. The highest BCUT2D eigenvalue weighted by atomic mass is 16.5. The molecule has 1 saturated heterocycles. The number of imide groups is 1. The highest BCUT2D eigenvalue weighted by Gasteiger charge is 2.66. The van der Waals surface area contributed by atoms with E-state index in [-0.39, 0.29) is 25.0 Å². The molecule has 2 aromatic heterocycles. The number of benzene rings is 3. The van der Waals surface area contributed by atoms with Crippen molar-refractivity contribution in [1.82, 2.24) is 14.9 Å². The van der Waals surface area contributed by atoms with Crippen LogP contribution in [0.2, 0.25) is 0 Å². The summed E-state index contributed by atoms with van der Waals surface area (Å²) < 4.78 is 10.7. The first-order chi connectivity index (χ1) is 26.4. The molecule has 1 saturated carbocycles. The maximum Gasteiger partial charge on any atom is 0.330 e. The first-order valence-corrected chi connectivity index (χ1v) is 17.9. The second-order valence-corrected chi connectivity index (χ2v) is 13.5. The number of nitrogens with zero attached hydrogens (tertiary/aromatic N) is 3. The molecule has 8 rings (SSSR count). The Labute approximate surface area is 312 Å². The number of carbonyl (C=O) groups is 3. The molecular formula is C45H37N3O6. The summed E-state index contributed by atoms with van der Waals surface area (Å²) in [5, 5.41) is 13.1. The summed E-state index contributed by atoms with van der Waals surface area (Å²) in [5.41, 5.74) is 3.93. The Morgan fingerprint density at radius 1 is 0.833 bits per heavy atom. The Hall–Kier alpha value is -6.45. The van der Waals surface area contributed by atoms with Gasteiger partial charge in [0.1, 0.15) is 12.4 Å². The van der Waals surface area contributed by atoms with Gasteiger partial charge >= 0.3 is 5.97 Å². The third-order valence-corrected chi connectivity index (χ3v) is 10.6. The standard InChI is InChI=1S/C45H37N3O6/c1-53-32-18-12-13-29(27-32)21-22-37(49)54-26-25-48-43(50)40-33-28-34(45(52,31-16-6-3-7-17-31)36-20-9-11-24-47-36)41(42(40)44(48)51)39(33)38(30-14-4-2-5-15-30)35-19-8-10-23-46-35/h2-24,27-28,33,40-42,52H,25-26H2,1H3/b22-21+,39-38?/t33-,40-,41+,42-,45?/m0/s1. The van der Waals surface area contributed by atoms with Crippen LogP contribution in [-0.2, 0) is 24.7 Å². The smallest absolute Gasteiger partial charge is 0.330 e. The fourth-order valence-corrected chi connectivity index (χ4v) is 8.33. The van der Waals surface area contributed by atoms with Crippen molar-refractivity contribution < 1.29 is 29.0 Å². The van der Waals surface area contributed by atoms with Crippen LogP contribution in [0.5, 0.6) is 5.75 Å². The molecule has 9 heteroatoms. The number of amides is 2. The minimum Gasteiger partial charge on any atom is -0.497 e. The largest absolute Gasteiger partial charge is 0.497 e. The molecule has 3 aliphatic rings. The predicted octanol–water partition coefficient (Wildman–Crippen LogP) is 6.27. The number of carbonyl (C=O) groups excluding carboxylic acids is 3. The molecule has 1 aliphatic heterocycles. The molecule has 0 radical (unpaired) electrons. The quantitative estimate of drug-likeness (QED) is 0.0737. The number of hydrogen-bond acceptors (Lipinski definition) is 8. The number of esters is 1. The van der Waals surface area contributed by atoms with Crippen LogP contribution in [0.15, 0.2) is 157 Å². The van der Waals surface area contributed by atoms with Gasteiger partial charge in [-0.05, 0) is 70.3 Å². The third kappa shape index (κ3) is 6.02. The van der Waals surface area contributed by atoms with Gasteiger partial charge in [0.05, 0.1) is 36.9 Å². The fourth-order valence-electron chi connectivity index (χ4n) is 8.33. The van der Waals surface area contributed by atoms with Gasteiger partial charge in [-0.15, -0.1) is 0 Å². The number of rotatable bonds is 11. The molecule has 1 unspecified atom stereocenters. The molecule has 2 aliphatic carbocycles. The van der Waals surface area contributed by atoms with E-state index in [0.29, 0.717) is 28.3 Å². The second-order valence-electron chi connectivity index (χ2n) is 13.5. The summed E-state index contributed by atoms with van der Waals surface area (Å²) in [6.07, 6.45) is 8.26. The second kappa shape index (κ2) is 14.5. The van der Waals surface area contributed by atoms with Crippen LogP contribution < -0.4 is 4.74 Å². The highest BCUT2D eigenvalue weighted by Crippen LogP contribution is 2.64. The number of ether oxygens (including phenoxy) is 2. The van der Waals surface area contributed by atoms with E-state index in [4.69, 9.17) is 14.5 Å².